The number of methoxy groups -OCH3 is 2. The van der Waals surface area contributed by atoms with Crippen LogP contribution in [-0.4, -0.2) is 40.6 Å². The standard InChI is InChI=1S/C32H48O4/c1-29(2)11-13-31(5,6)25-23(29)19-21-22(27(25)35-17-15-33-9)20-24-26(28(21)36-18-16-34-10)32(7,8)14-12-30(24,3)4/h19-20H,11-18H2,1-10H3. The van der Waals surface area contributed by atoms with Crippen LogP contribution in [0.5, 0.6) is 11.5 Å². The molecule has 0 spiro atoms. The topological polar surface area (TPSA) is 36.9 Å². The van der Waals surface area contributed by atoms with E-state index >= 15 is 0 Å². The van der Waals surface area contributed by atoms with Gasteiger partial charge in [0.25, 0.3) is 0 Å². The van der Waals surface area contributed by atoms with Crippen molar-refractivity contribution in [1.29, 1.82) is 0 Å². The Bertz CT molecular complexity index is 1030. The molecule has 2 aliphatic rings. The molecule has 2 aromatic rings. The van der Waals surface area contributed by atoms with Gasteiger partial charge in [0.15, 0.2) is 0 Å². The fraction of sp³-hybridized carbons (Fsp3) is 0.688. The summed E-state index contributed by atoms with van der Waals surface area (Å²) < 4.78 is 24.1. The van der Waals surface area contributed by atoms with Gasteiger partial charge in [0.2, 0.25) is 0 Å². The van der Waals surface area contributed by atoms with Crippen molar-refractivity contribution in [1.82, 2.24) is 0 Å². The lowest BCUT2D eigenvalue weighted by atomic mass is 9.60. The van der Waals surface area contributed by atoms with Crippen molar-refractivity contribution in [2.75, 3.05) is 40.6 Å². The molecule has 2 aliphatic carbocycles. The summed E-state index contributed by atoms with van der Waals surface area (Å²) in [4.78, 5) is 0. The minimum Gasteiger partial charge on any atom is -0.490 e. The van der Waals surface area contributed by atoms with Crippen LogP contribution in [0.2, 0.25) is 0 Å². The maximum atomic E-state index is 6.67. The molecule has 4 rings (SSSR count). The average Bonchev–Trinajstić information content (AvgIpc) is 2.79. The molecule has 0 saturated heterocycles. The van der Waals surface area contributed by atoms with Gasteiger partial charge in [-0.3, -0.25) is 0 Å². The molecular weight excluding hydrogens is 448 g/mol. The van der Waals surface area contributed by atoms with Crippen LogP contribution in [0, 0.1) is 0 Å². The van der Waals surface area contributed by atoms with E-state index in [1.54, 1.807) is 14.2 Å². The van der Waals surface area contributed by atoms with E-state index in [1.165, 1.54) is 33.0 Å². The van der Waals surface area contributed by atoms with Crippen molar-refractivity contribution in [3.8, 4) is 11.5 Å². The van der Waals surface area contributed by atoms with Crippen molar-refractivity contribution in [3.63, 3.8) is 0 Å². The molecule has 0 aliphatic heterocycles. The third-order valence-electron chi connectivity index (χ3n) is 8.98. The summed E-state index contributed by atoms with van der Waals surface area (Å²) in [7, 11) is 3.47. The molecule has 36 heavy (non-hydrogen) atoms. The number of benzene rings is 2. The Morgan fingerprint density at radius 1 is 0.528 bits per heavy atom. The Balaban J connectivity index is 2.14. The van der Waals surface area contributed by atoms with Crippen LogP contribution in [0.15, 0.2) is 12.1 Å². The molecular formula is C32H48O4. The molecule has 0 bridgehead atoms. The zero-order valence-electron chi connectivity index (χ0n) is 24.4. The number of ether oxygens (including phenoxy) is 4. The maximum Gasteiger partial charge on any atom is 0.131 e. The largest absolute Gasteiger partial charge is 0.490 e. The van der Waals surface area contributed by atoms with Gasteiger partial charge in [0.05, 0.1) is 13.2 Å². The SMILES string of the molecule is COCCOc1c2c(cc3c(OCCOC)c4c(cc13)C(C)(C)CCC4(C)C)C(C)(C)CCC2(C)C. The highest BCUT2D eigenvalue weighted by atomic mass is 16.5. The minimum absolute atomic E-state index is 0.0310. The molecule has 0 aromatic heterocycles. The third-order valence-corrected chi connectivity index (χ3v) is 8.98. The second-order valence-corrected chi connectivity index (χ2v) is 13.6. The second kappa shape index (κ2) is 9.51. The van der Waals surface area contributed by atoms with Gasteiger partial charge in [-0.1, -0.05) is 55.4 Å². The van der Waals surface area contributed by atoms with Gasteiger partial charge in [-0.2, -0.15) is 0 Å². The molecule has 0 fully saturated rings. The van der Waals surface area contributed by atoms with Crippen LogP contribution >= 0.6 is 0 Å². The highest BCUT2D eigenvalue weighted by Crippen LogP contribution is 2.57. The van der Waals surface area contributed by atoms with Gasteiger partial charge in [-0.25, -0.2) is 0 Å². The zero-order valence-corrected chi connectivity index (χ0v) is 24.4. The summed E-state index contributed by atoms with van der Waals surface area (Å²) in [6.45, 7) is 21.2. The van der Waals surface area contributed by atoms with Crippen LogP contribution in [0.4, 0.5) is 0 Å². The summed E-state index contributed by atoms with van der Waals surface area (Å²) in [5.41, 5.74) is 5.69. The number of fused-ring (bicyclic) bond motifs is 3. The van der Waals surface area contributed by atoms with E-state index < -0.39 is 0 Å². The number of rotatable bonds is 8. The molecule has 2 aromatic carbocycles. The van der Waals surface area contributed by atoms with Crippen molar-refractivity contribution in [3.05, 3.63) is 34.4 Å². The fourth-order valence-corrected chi connectivity index (χ4v) is 6.41. The van der Waals surface area contributed by atoms with Crippen molar-refractivity contribution >= 4 is 10.8 Å². The van der Waals surface area contributed by atoms with E-state index in [9.17, 15) is 0 Å². The molecule has 200 valence electrons. The quantitative estimate of drug-likeness (QED) is 0.353. The van der Waals surface area contributed by atoms with Gasteiger partial charge in [-0.15, -0.1) is 0 Å². The van der Waals surface area contributed by atoms with Crippen molar-refractivity contribution in [2.24, 2.45) is 0 Å². The van der Waals surface area contributed by atoms with Crippen LogP contribution in [0.1, 0.15) is 103 Å². The lowest BCUT2D eigenvalue weighted by Crippen LogP contribution is -2.36. The normalized spacial score (nSPS) is 21.1. The first-order valence-corrected chi connectivity index (χ1v) is 13.7. The van der Waals surface area contributed by atoms with E-state index in [0.29, 0.717) is 26.4 Å². The summed E-state index contributed by atoms with van der Waals surface area (Å²) in [6.07, 6.45) is 4.58. The Morgan fingerprint density at radius 2 is 0.861 bits per heavy atom. The summed E-state index contributed by atoms with van der Waals surface area (Å²) in [6, 6.07) is 4.88. The zero-order chi connectivity index (χ0) is 26.5. The van der Waals surface area contributed by atoms with E-state index in [-0.39, 0.29) is 21.7 Å². The third kappa shape index (κ3) is 4.65. The van der Waals surface area contributed by atoms with Crippen molar-refractivity contribution in [2.45, 2.75) is 103 Å². The monoisotopic (exact) mass is 496 g/mol. The first-order chi connectivity index (χ1) is 16.8. The molecule has 0 atom stereocenters. The van der Waals surface area contributed by atoms with Crippen LogP contribution in [0.25, 0.3) is 10.8 Å². The summed E-state index contributed by atoms with van der Waals surface area (Å²) >= 11 is 0. The molecule has 0 unspecified atom stereocenters. The fourth-order valence-electron chi connectivity index (χ4n) is 6.41. The Kier molecular flexibility index (Phi) is 7.20. The van der Waals surface area contributed by atoms with E-state index in [4.69, 9.17) is 18.9 Å². The molecule has 0 radical (unpaired) electrons. The van der Waals surface area contributed by atoms with E-state index in [1.807, 2.05) is 0 Å². The highest BCUT2D eigenvalue weighted by Gasteiger charge is 2.44. The van der Waals surface area contributed by atoms with Gasteiger partial charge < -0.3 is 18.9 Å². The van der Waals surface area contributed by atoms with E-state index in [0.717, 1.165) is 37.2 Å². The smallest absolute Gasteiger partial charge is 0.131 e. The number of hydrogen-bond acceptors (Lipinski definition) is 4. The maximum absolute atomic E-state index is 6.67. The predicted molar refractivity (Wildman–Crippen MR) is 149 cm³/mol. The second-order valence-electron chi connectivity index (χ2n) is 13.6. The lowest BCUT2D eigenvalue weighted by Gasteiger charge is -2.45. The summed E-state index contributed by atoms with van der Waals surface area (Å²) in [5.74, 6) is 2.05. The first kappa shape index (κ1) is 27.3. The number of hydrogen-bond donors (Lipinski definition) is 0. The molecule has 4 nitrogen and oxygen atoms in total. The van der Waals surface area contributed by atoms with Crippen LogP contribution in [0.3, 0.4) is 0 Å². The molecule has 4 heteroatoms. The Morgan fingerprint density at radius 3 is 1.19 bits per heavy atom. The molecule has 0 saturated carbocycles. The van der Waals surface area contributed by atoms with Crippen LogP contribution in [-0.2, 0) is 31.1 Å². The Labute approximate surface area is 219 Å². The van der Waals surface area contributed by atoms with Gasteiger partial charge in [0.1, 0.15) is 24.7 Å². The molecule has 0 N–H and O–H groups in total. The van der Waals surface area contributed by atoms with Gasteiger partial charge in [-0.05, 0) is 70.6 Å². The Hall–Kier alpha value is -1.78. The first-order valence-electron chi connectivity index (χ1n) is 13.7. The lowest BCUT2D eigenvalue weighted by molar-refractivity contribution is 0.144. The van der Waals surface area contributed by atoms with Crippen LogP contribution < -0.4 is 9.47 Å². The average molecular weight is 497 g/mol. The predicted octanol–water partition coefficient (Wildman–Crippen LogP) is 7.59. The molecule has 0 heterocycles. The van der Waals surface area contributed by atoms with Gasteiger partial charge >= 0.3 is 0 Å². The molecule has 0 amide bonds. The highest BCUT2D eigenvalue weighted by molar-refractivity contribution is 5.98. The van der Waals surface area contributed by atoms with Gasteiger partial charge in [0, 0.05) is 36.1 Å². The van der Waals surface area contributed by atoms with E-state index in [2.05, 4.69) is 67.5 Å². The minimum atomic E-state index is 0.0310. The van der Waals surface area contributed by atoms with Crippen molar-refractivity contribution < 1.29 is 18.9 Å². The summed E-state index contributed by atoms with van der Waals surface area (Å²) in [5, 5.41) is 2.35.